The van der Waals surface area contributed by atoms with Gasteiger partial charge in [-0.05, 0) is 41.4 Å². The summed E-state index contributed by atoms with van der Waals surface area (Å²) in [6.45, 7) is 4.21. The summed E-state index contributed by atoms with van der Waals surface area (Å²) in [5, 5.41) is 2.29. The van der Waals surface area contributed by atoms with Crippen molar-refractivity contribution in [1.82, 2.24) is 16.2 Å². The summed E-state index contributed by atoms with van der Waals surface area (Å²) in [6.07, 6.45) is 0.452. The van der Waals surface area contributed by atoms with Gasteiger partial charge in [0.1, 0.15) is 5.75 Å². The van der Waals surface area contributed by atoms with Crippen LogP contribution in [0.2, 0.25) is 0 Å². The average Bonchev–Trinajstić information content (AvgIpc) is 2.81. The molecule has 33 heavy (non-hydrogen) atoms. The van der Waals surface area contributed by atoms with Gasteiger partial charge in [-0.2, -0.15) is 0 Å². The van der Waals surface area contributed by atoms with Gasteiger partial charge >= 0.3 is 5.97 Å². The number of nitrogens with one attached hydrogen (secondary N) is 3. The minimum Gasteiger partial charge on any atom is -0.484 e. The second-order valence-electron chi connectivity index (χ2n) is 7.52. The molecule has 0 atom stereocenters. The molecule has 3 N–H and O–H groups in total. The molecule has 0 radical (unpaired) electrons. The van der Waals surface area contributed by atoms with Crippen LogP contribution in [0, 0.1) is 0 Å². The zero-order valence-electron chi connectivity index (χ0n) is 18.8. The van der Waals surface area contributed by atoms with E-state index in [0.29, 0.717) is 18.1 Å². The number of carbonyl (C=O) groups is 3. The van der Waals surface area contributed by atoms with Gasteiger partial charge in [0.25, 0.3) is 5.91 Å². The highest BCUT2D eigenvalue weighted by Gasteiger charge is 2.10. The van der Waals surface area contributed by atoms with Crippen LogP contribution in [0.1, 0.15) is 43.7 Å². The van der Waals surface area contributed by atoms with Gasteiger partial charge < -0.3 is 14.8 Å². The van der Waals surface area contributed by atoms with E-state index in [1.54, 1.807) is 12.1 Å². The summed E-state index contributed by atoms with van der Waals surface area (Å²) in [4.78, 5) is 35.5. The predicted molar refractivity (Wildman–Crippen MR) is 128 cm³/mol. The fourth-order valence-corrected chi connectivity index (χ4v) is 2.86. The van der Waals surface area contributed by atoms with Crippen molar-refractivity contribution < 1.29 is 23.9 Å². The molecule has 2 amide bonds. The largest absolute Gasteiger partial charge is 0.484 e. The first-order chi connectivity index (χ1) is 15.8. The lowest BCUT2D eigenvalue weighted by molar-refractivity contribution is -0.144. The Morgan fingerprint density at radius 2 is 1.61 bits per heavy atom. The summed E-state index contributed by atoms with van der Waals surface area (Å²) in [7, 11) is 0. The maximum absolute atomic E-state index is 11.9. The Hall–Kier alpha value is -3.46. The van der Waals surface area contributed by atoms with Gasteiger partial charge in [0.05, 0.1) is 13.0 Å². The van der Waals surface area contributed by atoms with Crippen molar-refractivity contribution in [2.24, 2.45) is 0 Å². The van der Waals surface area contributed by atoms with Crippen molar-refractivity contribution >= 4 is 35.1 Å². The number of ether oxygens (including phenoxy) is 2. The Kier molecular flexibility index (Phi) is 10.8. The Labute approximate surface area is 199 Å². The number of thiocarbonyl (C=S) groups is 1. The number of hydrazine groups is 1. The number of esters is 1. The summed E-state index contributed by atoms with van der Waals surface area (Å²) in [6, 6.07) is 17.1. The smallest absolute Gasteiger partial charge is 0.306 e. The molecule has 176 valence electrons. The molecule has 0 bridgehead atoms. The van der Waals surface area contributed by atoms with E-state index >= 15 is 0 Å². The molecule has 2 aromatic rings. The van der Waals surface area contributed by atoms with Gasteiger partial charge in [-0.15, -0.1) is 0 Å². The van der Waals surface area contributed by atoms with Gasteiger partial charge in [-0.25, -0.2) is 0 Å². The molecule has 2 aromatic carbocycles. The zero-order chi connectivity index (χ0) is 24.1. The lowest BCUT2D eigenvalue weighted by atomic mass is 10.0. The molecular weight excluding hydrogens is 442 g/mol. The molecule has 0 aliphatic rings. The second kappa shape index (κ2) is 13.8. The first kappa shape index (κ1) is 25.8. The molecule has 2 rings (SSSR count). The molecule has 9 heteroatoms. The molecule has 0 fully saturated rings. The number of hydrogen-bond donors (Lipinski definition) is 3. The summed E-state index contributed by atoms with van der Waals surface area (Å²) >= 11 is 4.95. The van der Waals surface area contributed by atoms with Crippen molar-refractivity contribution in [2.75, 3.05) is 13.2 Å². The third-order valence-corrected chi connectivity index (χ3v) is 4.74. The fourth-order valence-electron chi connectivity index (χ4n) is 2.70. The molecule has 0 saturated heterocycles. The average molecular weight is 472 g/mol. The van der Waals surface area contributed by atoms with Crippen LogP contribution in [0.25, 0.3) is 0 Å². The predicted octanol–water partition coefficient (Wildman–Crippen LogP) is 2.78. The van der Waals surface area contributed by atoms with Crippen LogP contribution in [0.4, 0.5) is 0 Å². The number of amides is 2. The molecule has 0 aromatic heterocycles. The molecule has 0 aliphatic carbocycles. The van der Waals surface area contributed by atoms with Gasteiger partial charge in [0.2, 0.25) is 5.91 Å². The Morgan fingerprint density at radius 3 is 2.27 bits per heavy atom. The van der Waals surface area contributed by atoms with Crippen LogP contribution in [0.15, 0.2) is 54.6 Å². The van der Waals surface area contributed by atoms with E-state index in [2.05, 4.69) is 30.0 Å². The summed E-state index contributed by atoms with van der Waals surface area (Å²) < 4.78 is 10.5. The Bertz CT molecular complexity index is 933. The monoisotopic (exact) mass is 471 g/mol. The molecule has 0 heterocycles. The van der Waals surface area contributed by atoms with Crippen LogP contribution in [-0.4, -0.2) is 36.1 Å². The van der Waals surface area contributed by atoms with Crippen LogP contribution in [0.5, 0.6) is 5.75 Å². The van der Waals surface area contributed by atoms with Crippen molar-refractivity contribution in [3.05, 3.63) is 65.7 Å². The Balaban J connectivity index is 1.56. The zero-order valence-corrected chi connectivity index (χ0v) is 19.6. The van der Waals surface area contributed by atoms with Crippen molar-refractivity contribution in [1.29, 1.82) is 0 Å². The molecule has 0 spiro atoms. The van der Waals surface area contributed by atoms with E-state index < -0.39 is 17.8 Å². The van der Waals surface area contributed by atoms with Crippen molar-refractivity contribution in [2.45, 2.75) is 39.0 Å². The molecule has 0 unspecified atom stereocenters. The van der Waals surface area contributed by atoms with E-state index in [4.69, 9.17) is 21.7 Å². The summed E-state index contributed by atoms with van der Waals surface area (Å²) in [5.41, 5.74) is 6.99. The van der Waals surface area contributed by atoms with E-state index in [-0.39, 0.29) is 31.2 Å². The first-order valence-electron chi connectivity index (χ1n) is 10.6. The van der Waals surface area contributed by atoms with Gasteiger partial charge in [-0.3, -0.25) is 25.2 Å². The van der Waals surface area contributed by atoms with Crippen LogP contribution in [-0.2, 0) is 25.5 Å². The molecule has 8 nitrogen and oxygen atoms in total. The number of hydrogen-bond acceptors (Lipinski definition) is 6. The van der Waals surface area contributed by atoms with E-state index in [0.717, 1.165) is 5.56 Å². The maximum Gasteiger partial charge on any atom is 0.306 e. The van der Waals surface area contributed by atoms with Crippen LogP contribution in [0.3, 0.4) is 0 Å². The quantitative estimate of drug-likeness (QED) is 0.278. The second-order valence-corrected chi connectivity index (χ2v) is 7.93. The highest BCUT2D eigenvalue weighted by Crippen LogP contribution is 2.18. The maximum atomic E-state index is 11.9. The van der Waals surface area contributed by atoms with Gasteiger partial charge in [0.15, 0.2) is 11.7 Å². The third-order valence-electron chi connectivity index (χ3n) is 4.54. The van der Waals surface area contributed by atoms with Gasteiger partial charge in [0, 0.05) is 12.8 Å². The SMILES string of the molecule is CC(C)c1ccc(OCC(=O)NNC(=S)NC(=O)CCC(=O)OCCc2ccccc2)cc1. The summed E-state index contributed by atoms with van der Waals surface area (Å²) in [5.74, 6) is -0.425. The van der Waals surface area contributed by atoms with E-state index in [9.17, 15) is 14.4 Å². The van der Waals surface area contributed by atoms with E-state index in [1.165, 1.54) is 5.56 Å². The highest BCUT2D eigenvalue weighted by molar-refractivity contribution is 7.80. The number of rotatable bonds is 10. The lowest BCUT2D eigenvalue weighted by Gasteiger charge is -2.12. The molecular formula is C24H29N3O5S. The topological polar surface area (TPSA) is 106 Å². The first-order valence-corrected chi connectivity index (χ1v) is 11.0. The minimum atomic E-state index is -0.471. The number of benzene rings is 2. The molecule has 0 aliphatic heterocycles. The van der Waals surface area contributed by atoms with Crippen molar-refractivity contribution in [3.63, 3.8) is 0 Å². The third kappa shape index (κ3) is 10.6. The van der Waals surface area contributed by atoms with E-state index in [1.807, 2.05) is 42.5 Å². The molecule has 0 saturated carbocycles. The van der Waals surface area contributed by atoms with Crippen molar-refractivity contribution in [3.8, 4) is 5.75 Å². The fraction of sp³-hybridized carbons (Fsp3) is 0.333. The normalized spacial score (nSPS) is 10.3. The Morgan fingerprint density at radius 1 is 0.909 bits per heavy atom. The van der Waals surface area contributed by atoms with Gasteiger partial charge in [-0.1, -0.05) is 56.3 Å². The lowest BCUT2D eigenvalue weighted by Crippen LogP contribution is -2.49. The minimum absolute atomic E-state index is 0.0704. The van der Waals surface area contributed by atoms with Crippen LogP contribution < -0.4 is 20.9 Å². The highest BCUT2D eigenvalue weighted by atomic mass is 32.1. The van der Waals surface area contributed by atoms with Crippen LogP contribution >= 0.6 is 12.2 Å². The standard InChI is InChI=1S/C24H29N3O5S/c1-17(2)19-8-10-20(11-9-19)32-16-22(29)26-27-24(33)25-21(28)12-13-23(30)31-15-14-18-6-4-3-5-7-18/h3-11,17H,12-16H2,1-2H3,(H,26,29)(H2,25,27,28,33). The number of carbonyl (C=O) groups excluding carboxylic acids is 3.